The lowest BCUT2D eigenvalue weighted by Gasteiger charge is -2.27. The van der Waals surface area contributed by atoms with E-state index >= 15 is 0 Å². The zero-order valence-corrected chi connectivity index (χ0v) is 17.0. The molecule has 0 bridgehead atoms. The normalized spacial score (nSPS) is 13.5. The van der Waals surface area contributed by atoms with Crippen LogP contribution in [0, 0.1) is 0 Å². The van der Waals surface area contributed by atoms with Gasteiger partial charge in [-0.15, -0.1) is 11.3 Å². The van der Waals surface area contributed by atoms with Crippen molar-refractivity contribution in [1.82, 2.24) is 4.90 Å². The van der Waals surface area contributed by atoms with Gasteiger partial charge in [0.25, 0.3) is 0 Å². The van der Waals surface area contributed by atoms with E-state index in [0.29, 0.717) is 17.3 Å². The molecule has 1 aliphatic heterocycles. The number of fused-ring (bicyclic) bond motifs is 1. The highest BCUT2D eigenvalue weighted by molar-refractivity contribution is 9.10. The van der Waals surface area contributed by atoms with Crippen LogP contribution in [0.5, 0.6) is 0 Å². The Morgan fingerprint density at radius 1 is 1.32 bits per heavy atom. The molecule has 3 rings (SSSR count). The Hall–Kier alpha value is -1.37. The lowest BCUT2D eigenvalue weighted by atomic mass is 10.1. The fourth-order valence-corrected chi connectivity index (χ4v) is 4.58. The van der Waals surface area contributed by atoms with Gasteiger partial charge in [-0.3, -0.25) is 9.59 Å². The topological polar surface area (TPSA) is 40.6 Å². The molecule has 0 spiro atoms. The number of hydrogen-bond donors (Lipinski definition) is 0. The number of carbonyl (C=O) groups is 2. The summed E-state index contributed by atoms with van der Waals surface area (Å²) in [5.74, 6) is -0.0914. The maximum absolute atomic E-state index is 12.4. The monoisotopic (exact) mass is 440 g/mol. The summed E-state index contributed by atoms with van der Waals surface area (Å²) in [6.45, 7) is 1.38. The highest BCUT2D eigenvalue weighted by atomic mass is 79.9. The molecule has 0 saturated carbocycles. The third-order valence-electron chi connectivity index (χ3n) is 4.36. The van der Waals surface area contributed by atoms with Gasteiger partial charge < -0.3 is 9.80 Å². The smallest absolute Gasteiger partial charge is 0.227 e. The summed E-state index contributed by atoms with van der Waals surface area (Å²) in [4.78, 5) is 29.6. The van der Waals surface area contributed by atoms with Gasteiger partial charge in [0.2, 0.25) is 11.8 Å². The quantitative estimate of drug-likeness (QED) is 0.701. The SMILES string of the molecule is CN(C(=O)CCC(=O)N1CCc2sccc2C1)c1ccc(Br)cc1Cl. The Morgan fingerprint density at radius 3 is 2.88 bits per heavy atom. The molecule has 4 nitrogen and oxygen atoms in total. The second kappa shape index (κ2) is 7.89. The number of carbonyl (C=O) groups excluding carboxylic acids is 2. The number of nitrogens with zero attached hydrogens (tertiary/aromatic N) is 2. The van der Waals surface area contributed by atoms with Gasteiger partial charge in [-0.25, -0.2) is 0 Å². The highest BCUT2D eigenvalue weighted by Crippen LogP contribution is 2.29. The number of amides is 2. The minimum absolute atomic E-state index is 0.0282. The van der Waals surface area contributed by atoms with E-state index in [9.17, 15) is 9.59 Å². The summed E-state index contributed by atoms with van der Waals surface area (Å²) >= 11 is 11.3. The molecule has 1 aromatic carbocycles. The maximum atomic E-state index is 12.4. The van der Waals surface area contributed by atoms with Gasteiger partial charge in [0, 0.05) is 42.3 Å². The van der Waals surface area contributed by atoms with Gasteiger partial charge in [-0.2, -0.15) is 0 Å². The molecule has 0 fully saturated rings. The van der Waals surface area contributed by atoms with E-state index in [1.807, 2.05) is 11.0 Å². The number of thiophene rings is 1. The van der Waals surface area contributed by atoms with Crippen LogP contribution in [-0.4, -0.2) is 30.3 Å². The second-order valence-corrected chi connectivity index (χ2v) is 8.31. The zero-order valence-electron chi connectivity index (χ0n) is 13.8. The molecular formula is C18H18BrClN2O2S. The highest BCUT2D eigenvalue weighted by Gasteiger charge is 2.23. The minimum Gasteiger partial charge on any atom is -0.338 e. The first-order valence-corrected chi connectivity index (χ1v) is 10.1. The minimum atomic E-state index is -0.120. The van der Waals surface area contributed by atoms with Crippen LogP contribution < -0.4 is 4.90 Å². The molecule has 2 heterocycles. The van der Waals surface area contributed by atoms with E-state index in [4.69, 9.17) is 11.6 Å². The summed E-state index contributed by atoms with van der Waals surface area (Å²) in [6, 6.07) is 7.45. The van der Waals surface area contributed by atoms with Crippen molar-refractivity contribution in [3.63, 3.8) is 0 Å². The lowest BCUT2D eigenvalue weighted by Crippen LogP contribution is -2.36. The number of halogens is 2. The zero-order chi connectivity index (χ0) is 18.0. The van der Waals surface area contributed by atoms with Gasteiger partial charge in [-0.1, -0.05) is 27.5 Å². The predicted molar refractivity (Wildman–Crippen MR) is 105 cm³/mol. The number of anilines is 1. The van der Waals surface area contributed by atoms with Crippen LogP contribution in [0.2, 0.25) is 5.02 Å². The summed E-state index contributed by atoms with van der Waals surface area (Å²) < 4.78 is 0.857. The Bertz CT molecular complexity index is 808. The first-order chi connectivity index (χ1) is 12.0. The predicted octanol–water partition coefficient (Wildman–Crippen LogP) is 4.49. The van der Waals surface area contributed by atoms with Crippen molar-refractivity contribution in [1.29, 1.82) is 0 Å². The lowest BCUT2D eigenvalue weighted by molar-refractivity contribution is -0.133. The Balaban J connectivity index is 1.56. The van der Waals surface area contributed by atoms with Crippen molar-refractivity contribution in [2.24, 2.45) is 0 Å². The molecule has 132 valence electrons. The fourth-order valence-electron chi connectivity index (χ4n) is 2.89. The summed E-state index contributed by atoms with van der Waals surface area (Å²) in [7, 11) is 1.68. The van der Waals surface area contributed by atoms with Crippen molar-refractivity contribution < 1.29 is 9.59 Å². The van der Waals surface area contributed by atoms with Crippen LogP contribution in [0.4, 0.5) is 5.69 Å². The van der Waals surface area contributed by atoms with E-state index in [-0.39, 0.29) is 24.7 Å². The third kappa shape index (κ3) is 4.25. The van der Waals surface area contributed by atoms with Crippen LogP contribution in [-0.2, 0) is 22.6 Å². The molecule has 25 heavy (non-hydrogen) atoms. The fraction of sp³-hybridized carbons (Fsp3) is 0.333. The molecule has 2 aromatic rings. The van der Waals surface area contributed by atoms with E-state index in [1.54, 1.807) is 30.5 Å². The van der Waals surface area contributed by atoms with Gasteiger partial charge in [0.1, 0.15) is 0 Å². The Labute approximate surface area is 164 Å². The number of benzene rings is 1. The molecule has 0 unspecified atom stereocenters. The molecule has 0 saturated heterocycles. The molecule has 0 radical (unpaired) electrons. The van der Waals surface area contributed by atoms with Crippen LogP contribution >= 0.6 is 38.9 Å². The summed E-state index contributed by atoms with van der Waals surface area (Å²) in [5, 5.41) is 2.57. The molecule has 0 atom stereocenters. The van der Waals surface area contributed by atoms with E-state index in [2.05, 4.69) is 27.4 Å². The third-order valence-corrected chi connectivity index (χ3v) is 6.18. The Morgan fingerprint density at radius 2 is 2.12 bits per heavy atom. The molecule has 7 heteroatoms. The number of rotatable bonds is 4. The Kier molecular flexibility index (Phi) is 5.81. The standard InChI is InChI=1S/C18H18BrClN2O2S/c1-21(15-3-2-13(19)10-14(15)20)17(23)4-5-18(24)22-8-6-16-12(11-22)7-9-25-16/h2-3,7,9-10H,4-6,8,11H2,1H3. The first kappa shape index (κ1) is 18.4. The second-order valence-electron chi connectivity index (χ2n) is 5.98. The molecular weight excluding hydrogens is 424 g/mol. The molecule has 1 aromatic heterocycles. The average Bonchev–Trinajstić information content (AvgIpc) is 3.06. The largest absolute Gasteiger partial charge is 0.338 e. The van der Waals surface area contributed by atoms with Crippen LogP contribution in [0.3, 0.4) is 0 Å². The summed E-state index contributed by atoms with van der Waals surface area (Å²) in [6.07, 6.45) is 1.30. The number of hydrogen-bond acceptors (Lipinski definition) is 3. The van der Waals surface area contributed by atoms with Gasteiger partial charge >= 0.3 is 0 Å². The van der Waals surface area contributed by atoms with Gasteiger partial charge in [0.15, 0.2) is 0 Å². The van der Waals surface area contributed by atoms with Crippen LogP contribution in [0.1, 0.15) is 23.3 Å². The van der Waals surface area contributed by atoms with Gasteiger partial charge in [0.05, 0.1) is 10.7 Å². The van der Waals surface area contributed by atoms with E-state index < -0.39 is 0 Å². The molecule has 2 amide bonds. The van der Waals surface area contributed by atoms with Crippen molar-refractivity contribution >= 4 is 56.4 Å². The van der Waals surface area contributed by atoms with E-state index in [0.717, 1.165) is 17.4 Å². The summed E-state index contributed by atoms with van der Waals surface area (Å²) in [5.41, 5.74) is 1.87. The van der Waals surface area contributed by atoms with E-state index in [1.165, 1.54) is 15.3 Å². The van der Waals surface area contributed by atoms with Crippen LogP contribution in [0.25, 0.3) is 0 Å². The van der Waals surface area contributed by atoms with Crippen molar-refractivity contribution in [2.75, 3.05) is 18.5 Å². The maximum Gasteiger partial charge on any atom is 0.227 e. The average molecular weight is 442 g/mol. The molecule has 1 aliphatic rings. The van der Waals surface area contributed by atoms with Gasteiger partial charge in [-0.05, 0) is 41.6 Å². The van der Waals surface area contributed by atoms with Crippen LogP contribution in [0.15, 0.2) is 34.1 Å². The molecule has 0 aliphatic carbocycles. The van der Waals surface area contributed by atoms with Crippen molar-refractivity contribution in [3.8, 4) is 0 Å². The molecule has 0 N–H and O–H groups in total. The van der Waals surface area contributed by atoms with Crippen molar-refractivity contribution in [2.45, 2.75) is 25.8 Å². The first-order valence-electron chi connectivity index (χ1n) is 8.00. The van der Waals surface area contributed by atoms with Crippen molar-refractivity contribution in [3.05, 3.63) is 49.6 Å².